The van der Waals surface area contributed by atoms with Crippen LogP contribution in [0.1, 0.15) is 23.7 Å². The zero-order valence-electron chi connectivity index (χ0n) is 18.9. The van der Waals surface area contributed by atoms with E-state index in [2.05, 4.69) is 22.8 Å². The molecule has 0 aromatic heterocycles. The molecule has 2 N–H and O–H groups in total. The van der Waals surface area contributed by atoms with Gasteiger partial charge in [0.05, 0.1) is 0 Å². The number of carbonyl (C=O) groups is 2. The molecule has 2 amide bonds. The van der Waals surface area contributed by atoms with Gasteiger partial charge in [-0.3, -0.25) is 9.59 Å². The quantitative estimate of drug-likeness (QED) is 0.326. The van der Waals surface area contributed by atoms with E-state index in [0.717, 1.165) is 11.1 Å². The summed E-state index contributed by atoms with van der Waals surface area (Å²) in [6.07, 6.45) is -0.0997. The lowest BCUT2D eigenvalue weighted by atomic mass is 10.1. The minimum absolute atomic E-state index is 0.185. The van der Waals surface area contributed by atoms with Gasteiger partial charge in [-0.15, -0.1) is 0 Å². The molecule has 0 heterocycles. The predicted octanol–water partition coefficient (Wildman–Crippen LogP) is 6.40. The van der Waals surface area contributed by atoms with Gasteiger partial charge in [-0.05, 0) is 66.1 Å². The molecule has 0 aliphatic heterocycles. The van der Waals surface area contributed by atoms with Gasteiger partial charge < -0.3 is 15.4 Å². The van der Waals surface area contributed by atoms with Crippen molar-refractivity contribution in [3.63, 3.8) is 0 Å². The van der Waals surface area contributed by atoms with E-state index in [1.807, 2.05) is 67.6 Å². The fourth-order valence-electron chi connectivity index (χ4n) is 3.50. The van der Waals surface area contributed by atoms with Crippen molar-refractivity contribution >= 4 is 23.2 Å². The predicted molar refractivity (Wildman–Crippen MR) is 136 cm³/mol. The summed E-state index contributed by atoms with van der Waals surface area (Å²) in [5, 5.41) is 5.73. The molecule has 1 unspecified atom stereocenters. The van der Waals surface area contributed by atoms with Gasteiger partial charge in [-0.25, -0.2) is 0 Å². The lowest BCUT2D eigenvalue weighted by Crippen LogP contribution is -2.32. The van der Waals surface area contributed by atoms with E-state index in [9.17, 15) is 9.59 Å². The third kappa shape index (κ3) is 5.90. The minimum atomic E-state index is -0.625. The van der Waals surface area contributed by atoms with Crippen molar-refractivity contribution in [3.8, 4) is 16.9 Å². The van der Waals surface area contributed by atoms with Crippen molar-refractivity contribution in [1.82, 2.24) is 0 Å². The van der Waals surface area contributed by atoms with Crippen LogP contribution in [0.4, 0.5) is 11.4 Å². The Hall–Kier alpha value is -4.38. The Bertz CT molecular complexity index is 1220. The lowest BCUT2D eigenvalue weighted by Gasteiger charge is -2.18. The summed E-state index contributed by atoms with van der Waals surface area (Å²) < 4.78 is 5.94. The van der Waals surface area contributed by atoms with Crippen molar-refractivity contribution in [2.24, 2.45) is 0 Å². The van der Waals surface area contributed by atoms with E-state index in [1.54, 1.807) is 36.4 Å². The number of hydrogen-bond donors (Lipinski definition) is 2. The van der Waals surface area contributed by atoms with Crippen LogP contribution >= 0.6 is 0 Å². The van der Waals surface area contributed by atoms with Gasteiger partial charge in [0.15, 0.2) is 6.10 Å². The van der Waals surface area contributed by atoms with Crippen LogP contribution in [0.5, 0.6) is 5.75 Å². The Balaban J connectivity index is 1.34. The van der Waals surface area contributed by atoms with E-state index in [0.29, 0.717) is 29.1 Å². The molecule has 4 rings (SSSR count). The van der Waals surface area contributed by atoms with Crippen molar-refractivity contribution in [2.75, 3.05) is 10.6 Å². The maximum atomic E-state index is 12.8. The molecular formula is C29H26N2O3. The second kappa shape index (κ2) is 11.0. The summed E-state index contributed by atoms with van der Waals surface area (Å²) in [5.41, 5.74) is 4.07. The normalized spacial score (nSPS) is 11.3. The number of anilines is 2. The van der Waals surface area contributed by atoms with Gasteiger partial charge in [0.2, 0.25) is 0 Å². The Morgan fingerprint density at radius 3 is 1.79 bits per heavy atom. The van der Waals surface area contributed by atoms with Crippen LogP contribution in [0.3, 0.4) is 0 Å². The number of amides is 2. The number of hydrogen-bond acceptors (Lipinski definition) is 3. The summed E-state index contributed by atoms with van der Waals surface area (Å²) >= 11 is 0. The smallest absolute Gasteiger partial charge is 0.265 e. The Kier molecular flexibility index (Phi) is 7.35. The van der Waals surface area contributed by atoms with Crippen LogP contribution in [0.15, 0.2) is 109 Å². The fourth-order valence-corrected chi connectivity index (χ4v) is 3.50. The molecule has 170 valence electrons. The third-order valence-corrected chi connectivity index (χ3v) is 5.35. The zero-order chi connectivity index (χ0) is 23.8. The first-order valence-electron chi connectivity index (χ1n) is 11.2. The van der Waals surface area contributed by atoms with Crippen molar-refractivity contribution in [3.05, 3.63) is 115 Å². The van der Waals surface area contributed by atoms with Crippen molar-refractivity contribution in [1.29, 1.82) is 0 Å². The number of carbonyl (C=O) groups excluding carboxylic acids is 2. The second-order valence-corrected chi connectivity index (χ2v) is 7.79. The molecule has 1 atom stereocenters. The maximum Gasteiger partial charge on any atom is 0.265 e. The molecule has 0 saturated heterocycles. The van der Waals surface area contributed by atoms with Crippen molar-refractivity contribution < 1.29 is 14.3 Å². The summed E-state index contributed by atoms with van der Waals surface area (Å²) in [6.45, 7) is 1.91. The van der Waals surface area contributed by atoms with Gasteiger partial charge in [0, 0.05) is 16.9 Å². The molecule has 0 aliphatic carbocycles. The largest absolute Gasteiger partial charge is 0.481 e. The molecular weight excluding hydrogens is 424 g/mol. The zero-order valence-corrected chi connectivity index (χ0v) is 18.9. The SMILES string of the molecule is CCC(Oc1ccc(-c2ccccc2)cc1)C(=O)Nc1ccc(NC(=O)c2ccccc2)cc1. The Morgan fingerprint density at radius 2 is 1.21 bits per heavy atom. The van der Waals surface area contributed by atoms with Crippen LogP contribution in [-0.4, -0.2) is 17.9 Å². The maximum absolute atomic E-state index is 12.8. The topological polar surface area (TPSA) is 67.4 Å². The Morgan fingerprint density at radius 1 is 0.676 bits per heavy atom. The van der Waals surface area contributed by atoms with E-state index in [4.69, 9.17) is 4.74 Å². The van der Waals surface area contributed by atoms with Gasteiger partial charge in [0.25, 0.3) is 11.8 Å². The average Bonchev–Trinajstić information content (AvgIpc) is 2.89. The molecule has 0 saturated carbocycles. The van der Waals surface area contributed by atoms with Crippen molar-refractivity contribution in [2.45, 2.75) is 19.4 Å². The molecule has 5 heteroatoms. The molecule has 0 bridgehead atoms. The Labute approximate surface area is 199 Å². The molecule has 4 aromatic carbocycles. The monoisotopic (exact) mass is 450 g/mol. The van der Waals surface area contributed by atoms with Crippen LogP contribution in [0, 0.1) is 0 Å². The number of benzene rings is 4. The summed E-state index contributed by atoms with van der Waals surface area (Å²) in [4.78, 5) is 25.1. The number of rotatable bonds is 8. The van der Waals surface area contributed by atoms with E-state index in [1.165, 1.54) is 0 Å². The van der Waals surface area contributed by atoms with Gasteiger partial charge in [0.1, 0.15) is 5.75 Å². The van der Waals surface area contributed by atoms with Crippen LogP contribution in [0.2, 0.25) is 0 Å². The second-order valence-electron chi connectivity index (χ2n) is 7.79. The third-order valence-electron chi connectivity index (χ3n) is 5.35. The van der Waals surface area contributed by atoms with Crippen LogP contribution in [0.25, 0.3) is 11.1 Å². The minimum Gasteiger partial charge on any atom is -0.481 e. The lowest BCUT2D eigenvalue weighted by molar-refractivity contribution is -0.122. The molecule has 0 fully saturated rings. The van der Waals surface area contributed by atoms with Gasteiger partial charge in [-0.1, -0.05) is 67.6 Å². The summed E-state index contributed by atoms with van der Waals surface area (Å²) in [7, 11) is 0. The molecule has 34 heavy (non-hydrogen) atoms. The fraction of sp³-hybridized carbons (Fsp3) is 0.103. The van der Waals surface area contributed by atoms with Gasteiger partial charge in [-0.2, -0.15) is 0 Å². The molecule has 5 nitrogen and oxygen atoms in total. The molecule has 0 aliphatic rings. The molecule has 0 radical (unpaired) electrons. The van der Waals surface area contributed by atoms with E-state index < -0.39 is 6.10 Å². The summed E-state index contributed by atoms with van der Waals surface area (Å²) in [6, 6.07) is 33.8. The highest BCUT2D eigenvalue weighted by atomic mass is 16.5. The number of nitrogens with one attached hydrogen (secondary N) is 2. The first-order chi connectivity index (χ1) is 16.6. The number of ether oxygens (including phenoxy) is 1. The molecule has 4 aromatic rings. The highest BCUT2D eigenvalue weighted by Gasteiger charge is 2.18. The average molecular weight is 451 g/mol. The first-order valence-corrected chi connectivity index (χ1v) is 11.2. The van der Waals surface area contributed by atoms with Crippen LogP contribution < -0.4 is 15.4 Å². The van der Waals surface area contributed by atoms with Crippen LogP contribution in [-0.2, 0) is 4.79 Å². The van der Waals surface area contributed by atoms with E-state index >= 15 is 0 Å². The van der Waals surface area contributed by atoms with Gasteiger partial charge >= 0.3 is 0 Å². The highest BCUT2D eigenvalue weighted by Crippen LogP contribution is 2.23. The highest BCUT2D eigenvalue weighted by molar-refractivity contribution is 6.04. The van der Waals surface area contributed by atoms with E-state index in [-0.39, 0.29) is 11.8 Å². The molecule has 0 spiro atoms. The first kappa shape index (κ1) is 22.8. The standard InChI is InChI=1S/C29H26N2O3/c1-2-27(34-26-19-13-22(14-20-26)21-9-5-3-6-10-21)29(33)31-25-17-15-24(16-18-25)30-28(32)23-11-7-4-8-12-23/h3-20,27H,2H2,1H3,(H,30,32)(H,31,33). The summed E-state index contributed by atoms with van der Waals surface area (Å²) in [5.74, 6) is 0.228.